The Hall–Kier alpha value is -1.36. The molecule has 9 heteroatoms. The van der Waals surface area contributed by atoms with Gasteiger partial charge in [-0.3, -0.25) is 4.52 Å². The number of phosphoric acid groups is 1. The van der Waals surface area contributed by atoms with E-state index in [0.717, 1.165) is 15.5 Å². The van der Waals surface area contributed by atoms with Crippen LogP contribution in [0.1, 0.15) is 29.5 Å². The molecule has 0 radical (unpaired) electrons. The predicted molar refractivity (Wildman–Crippen MR) is 112 cm³/mol. The zero-order chi connectivity index (χ0) is 20.6. The molecule has 2 aromatic rings. The lowest BCUT2D eigenvalue weighted by molar-refractivity contribution is 0.154. The first-order valence-corrected chi connectivity index (χ1v) is 11.3. The Morgan fingerprint density at radius 2 is 2.11 bits per heavy atom. The van der Waals surface area contributed by atoms with Gasteiger partial charge in [0, 0.05) is 21.9 Å². The van der Waals surface area contributed by atoms with Gasteiger partial charge in [-0.15, -0.1) is 11.3 Å². The van der Waals surface area contributed by atoms with Gasteiger partial charge in [-0.1, -0.05) is 29.5 Å². The average molecular weight is 444 g/mol. The number of rotatable bonds is 9. The molecular formula is C19H23ClNO5PS. The van der Waals surface area contributed by atoms with Gasteiger partial charge in [-0.05, 0) is 50.1 Å². The van der Waals surface area contributed by atoms with Crippen molar-refractivity contribution in [3.8, 4) is 17.6 Å². The fourth-order valence-corrected chi connectivity index (χ4v) is 3.74. The summed E-state index contributed by atoms with van der Waals surface area (Å²) >= 11 is 7.47. The Balaban J connectivity index is 1.75. The van der Waals surface area contributed by atoms with Crippen LogP contribution in [0.5, 0.6) is 5.75 Å². The van der Waals surface area contributed by atoms with E-state index in [1.54, 1.807) is 30.4 Å². The van der Waals surface area contributed by atoms with E-state index in [4.69, 9.17) is 31.9 Å². The molecule has 0 spiro atoms. The molecule has 152 valence electrons. The topological polar surface area (TPSA) is 102 Å². The van der Waals surface area contributed by atoms with Gasteiger partial charge in [0.15, 0.2) is 0 Å². The van der Waals surface area contributed by atoms with Crippen molar-refractivity contribution in [3.05, 3.63) is 51.2 Å². The summed E-state index contributed by atoms with van der Waals surface area (Å²) in [6.07, 6.45) is 1.82. The largest absolute Gasteiger partial charge is 0.493 e. The number of aryl methyl sites for hydroxylation is 1. The quantitative estimate of drug-likeness (QED) is 0.308. The summed E-state index contributed by atoms with van der Waals surface area (Å²) in [5.74, 6) is 6.91. The highest BCUT2D eigenvalue weighted by atomic mass is 35.5. The molecule has 1 atom stereocenters. The smallest absolute Gasteiger partial charge is 0.469 e. The molecule has 0 aliphatic rings. The van der Waals surface area contributed by atoms with Crippen molar-refractivity contribution in [1.29, 1.82) is 0 Å². The minimum Gasteiger partial charge on any atom is -0.493 e. The molecule has 0 aliphatic heterocycles. The maximum atomic E-state index is 10.8. The van der Waals surface area contributed by atoms with Crippen LogP contribution in [0.15, 0.2) is 36.4 Å². The number of hydrogen-bond donors (Lipinski definition) is 3. The summed E-state index contributed by atoms with van der Waals surface area (Å²) in [7, 11) is -4.51. The van der Waals surface area contributed by atoms with Crippen molar-refractivity contribution in [3.63, 3.8) is 0 Å². The van der Waals surface area contributed by atoms with Gasteiger partial charge in [0.2, 0.25) is 0 Å². The number of phosphoric ester groups is 1. The molecule has 4 N–H and O–H groups in total. The third-order valence-electron chi connectivity index (χ3n) is 3.67. The summed E-state index contributed by atoms with van der Waals surface area (Å²) in [4.78, 5) is 19.6. The van der Waals surface area contributed by atoms with E-state index < -0.39 is 13.4 Å². The molecule has 0 amide bonds. The fourth-order valence-electron chi connectivity index (χ4n) is 2.22. The minimum atomic E-state index is -4.51. The van der Waals surface area contributed by atoms with E-state index in [9.17, 15) is 4.57 Å². The third kappa shape index (κ3) is 9.22. The van der Waals surface area contributed by atoms with Crippen LogP contribution in [0.2, 0.25) is 5.02 Å². The van der Waals surface area contributed by atoms with E-state index in [1.165, 1.54) is 0 Å². The standard InChI is InChI=1S/C19H23ClNO5PS/c1-19(21,14-26-27(22,23)24)11-10-18-9-8-17(28-18)7-2-3-12-25-16-6-4-5-15(20)13-16/h4-6,8-9,13H,3,10-12,14,21H2,1H3,(H2,22,23,24). The molecule has 0 saturated carbocycles. The zero-order valence-corrected chi connectivity index (χ0v) is 17.9. The maximum Gasteiger partial charge on any atom is 0.469 e. The van der Waals surface area contributed by atoms with Crippen LogP contribution >= 0.6 is 30.8 Å². The van der Waals surface area contributed by atoms with E-state index in [-0.39, 0.29) is 6.61 Å². The van der Waals surface area contributed by atoms with Gasteiger partial charge < -0.3 is 20.3 Å². The van der Waals surface area contributed by atoms with Crippen LogP contribution in [0.3, 0.4) is 0 Å². The van der Waals surface area contributed by atoms with Gasteiger partial charge in [0.05, 0.1) is 18.1 Å². The summed E-state index contributed by atoms with van der Waals surface area (Å²) in [5.41, 5.74) is 5.21. The zero-order valence-electron chi connectivity index (χ0n) is 15.4. The van der Waals surface area contributed by atoms with Gasteiger partial charge in [-0.25, -0.2) is 4.57 Å². The number of hydrogen-bond acceptors (Lipinski definition) is 5. The van der Waals surface area contributed by atoms with Crippen molar-refractivity contribution >= 4 is 30.8 Å². The van der Waals surface area contributed by atoms with Crippen molar-refractivity contribution < 1.29 is 23.6 Å². The minimum absolute atomic E-state index is 0.206. The highest BCUT2D eigenvalue weighted by Gasteiger charge is 2.24. The second-order valence-corrected chi connectivity index (χ2v) is 9.39. The molecule has 28 heavy (non-hydrogen) atoms. The highest BCUT2D eigenvalue weighted by molar-refractivity contribution is 7.46. The molecule has 0 fully saturated rings. The number of ether oxygens (including phenoxy) is 1. The molecule has 0 saturated heterocycles. The second kappa shape index (κ2) is 10.4. The van der Waals surface area contributed by atoms with Crippen LogP contribution < -0.4 is 10.5 Å². The highest BCUT2D eigenvalue weighted by Crippen LogP contribution is 2.37. The van der Waals surface area contributed by atoms with Gasteiger partial charge >= 0.3 is 7.82 Å². The summed E-state index contributed by atoms with van der Waals surface area (Å²) in [6.45, 7) is 1.98. The van der Waals surface area contributed by atoms with Crippen molar-refractivity contribution in [2.24, 2.45) is 5.73 Å². The Labute approximate surface area is 173 Å². The molecule has 2 rings (SSSR count). The van der Waals surface area contributed by atoms with E-state index >= 15 is 0 Å². The fraction of sp³-hybridized carbons (Fsp3) is 0.368. The van der Waals surface area contributed by atoms with Gasteiger partial charge in [0.1, 0.15) is 5.75 Å². The lowest BCUT2D eigenvalue weighted by Gasteiger charge is -2.24. The molecular weight excluding hydrogens is 421 g/mol. The second-order valence-electron chi connectivity index (χ2n) is 6.54. The Bertz CT molecular complexity index is 884. The van der Waals surface area contributed by atoms with E-state index in [2.05, 4.69) is 16.4 Å². The van der Waals surface area contributed by atoms with Crippen LogP contribution in [-0.2, 0) is 15.5 Å². The lowest BCUT2D eigenvalue weighted by Crippen LogP contribution is -2.41. The van der Waals surface area contributed by atoms with E-state index in [1.807, 2.05) is 24.3 Å². The van der Waals surface area contributed by atoms with Crippen LogP contribution in [0, 0.1) is 11.8 Å². The van der Waals surface area contributed by atoms with Crippen molar-refractivity contribution in [2.75, 3.05) is 13.2 Å². The van der Waals surface area contributed by atoms with Crippen LogP contribution in [-0.4, -0.2) is 28.5 Å². The Morgan fingerprint density at radius 3 is 2.82 bits per heavy atom. The first-order valence-electron chi connectivity index (χ1n) is 8.58. The van der Waals surface area contributed by atoms with Crippen LogP contribution in [0.4, 0.5) is 0 Å². The third-order valence-corrected chi connectivity index (χ3v) is 5.43. The first kappa shape index (κ1) is 22.9. The molecule has 1 aromatic carbocycles. The molecule has 0 aliphatic carbocycles. The number of benzene rings is 1. The molecule has 6 nitrogen and oxygen atoms in total. The lowest BCUT2D eigenvalue weighted by atomic mass is 9.98. The molecule has 1 unspecified atom stereocenters. The maximum absolute atomic E-state index is 10.8. The monoisotopic (exact) mass is 443 g/mol. The summed E-state index contributed by atoms with van der Waals surface area (Å²) < 4.78 is 20.9. The molecule has 1 heterocycles. The summed E-state index contributed by atoms with van der Waals surface area (Å²) in [6, 6.07) is 11.2. The Kier molecular flexibility index (Phi) is 8.54. The average Bonchev–Trinajstić information content (AvgIpc) is 3.06. The number of nitrogens with two attached hydrogens (primary N) is 1. The van der Waals surface area contributed by atoms with Crippen molar-refractivity contribution in [1.82, 2.24) is 0 Å². The first-order chi connectivity index (χ1) is 13.1. The normalized spacial score (nSPS) is 13.5. The number of halogens is 1. The molecule has 1 aromatic heterocycles. The van der Waals surface area contributed by atoms with Gasteiger partial charge in [0.25, 0.3) is 0 Å². The van der Waals surface area contributed by atoms with Crippen molar-refractivity contribution in [2.45, 2.75) is 31.7 Å². The predicted octanol–water partition coefficient (Wildman–Crippen LogP) is 3.98. The van der Waals surface area contributed by atoms with Gasteiger partial charge in [-0.2, -0.15) is 0 Å². The van der Waals surface area contributed by atoms with Crippen LogP contribution in [0.25, 0.3) is 0 Å². The summed E-state index contributed by atoms with van der Waals surface area (Å²) in [5, 5.41) is 0.636. The molecule has 0 bridgehead atoms. The number of thiophene rings is 1. The van der Waals surface area contributed by atoms with E-state index in [0.29, 0.717) is 30.9 Å². The SMILES string of the molecule is CC(N)(CCc1ccc(C#CCCOc2cccc(Cl)c2)s1)COP(=O)(O)O. The Morgan fingerprint density at radius 1 is 1.32 bits per heavy atom.